The third kappa shape index (κ3) is 3.81. The van der Waals surface area contributed by atoms with E-state index in [0.717, 1.165) is 24.8 Å². The van der Waals surface area contributed by atoms with E-state index in [9.17, 15) is 9.50 Å². The van der Waals surface area contributed by atoms with Crippen molar-refractivity contribution < 1.29 is 14.2 Å². The van der Waals surface area contributed by atoms with Crippen molar-refractivity contribution in [1.29, 1.82) is 0 Å². The molecule has 16 heavy (non-hydrogen) atoms. The standard InChI is InChI=1S/C13H19FO2/c1-3-4-5-11(15)8-10-6-7-13(16-2)12(14)9-10/h6-7,9,11,15H,3-5,8H2,1-2H3. The third-order valence-electron chi connectivity index (χ3n) is 2.58. The van der Waals surface area contributed by atoms with Gasteiger partial charge >= 0.3 is 0 Å². The summed E-state index contributed by atoms with van der Waals surface area (Å²) >= 11 is 0. The molecule has 0 saturated heterocycles. The first kappa shape index (κ1) is 13.0. The van der Waals surface area contributed by atoms with Gasteiger partial charge in [0, 0.05) is 0 Å². The van der Waals surface area contributed by atoms with Gasteiger partial charge in [-0.15, -0.1) is 0 Å². The van der Waals surface area contributed by atoms with E-state index in [1.807, 2.05) is 0 Å². The first-order chi connectivity index (χ1) is 7.67. The fourth-order valence-corrected chi connectivity index (χ4v) is 1.65. The Kier molecular flexibility index (Phi) is 5.26. The quantitative estimate of drug-likeness (QED) is 0.808. The average molecular weight is 226 g/mol. The second-order valence-electron chi connectivity index (χ2n) is 3.97. The van der Waals surface area contributed by atoms with Crippen molar-refractivity contribution in [3.63, 3.8) is 0 Å². The second kappa shape index (κ2) is 6.48. The first-order valence-corrected chi connectivity index (χ1v) is 5.67. The van der Waals surface area contributed by atoms with E-state index in [1.54, 1.807) is 12.1 Å². The highest BCUT2D eigenvalue weighted by atomic mass is 19.1. The molecule has 0 aliphatic rings. The first-order valence-electron chi connectivity index (χ1n) is 5.67. The van der Waals surface area contributed by atoms with Crippen LogP contribution in [-0.2, 0) is 6.42 Å². The summed E-state index contributed by atoms with van der Waals surface area (Å²) < 4.78 is 18.2. The van der Waals surface area contributed by atoms with Crippen LogP contribution in [0.15, 0.2) is 18.2 Å². The fraction of sp³-hybridized carbons (Fsp3) is 0.538. The number of aliphatic hydroxyl groups excluding tert-OH is 1. The van der Waals surface area contributed by atoms with Crippen molar-refractivity contribution >= 4 is 0 Å². The van der Waals surface area contributed by atoms with Crippen molar-refractivity contribution in [3.05, 3.63) is 29.6 Å². The van der Waals surface area contributed by atoms with Crippen LogP contribution in [0, 0.1) is 5.82 Å². The van der Waals surface area contributed by atoms with Gasteiger partial charge in [0.15, 0.2) is 11.6 Å². The van der Waals surface area contributed by atoms with Gasteiger partial charge in [0.2, 0.25) is 0 Å². The molecule has 1 aromatic carbocycles. The molecule has 1 rings (SSSR count). The van der Waals surface area contributed by atoms with Crippen LogP contribution < -0.4 is 4.74 Å². The molecule has 0 bridgehead atoms. The predicted molar refractivity (Wildman–Crippen MR) is 62.2 cm³/mol. The van der Waals surface area contributed by atoms with Crippen LogP contribution in [0.25, 0.3) is 0 Å². The van der Waals surface area contributed by atoms with Crippen LogP contribution >= 0.6 is 0 Å². The number of halogens is 1. The molecule has 3 heteroatoms. The molecule has 1 aromatic rings. The summed E-state index contributed by atoms with van der Waals surface area (Å²) in [6.07, 6.45) is 2.95. The number of rotatable bonds is 6. The predicted octanol–water partition coefficient (Wildman–Crippen LogP) is 2.93. The van der Waals surface area contributed by atoms with Crippen LogP contribution in [0.1, 0.15) is 31.7 Å². The number of benzene rings is 1. The lowest BCUT2D eigenvalue weighted by Crippen LogP contribution is -2.10. The summed E-state index contributed by atoms with van der Waals surface area (Å²) in [4.78, 5) is 0. The van der Waals surface area contributed by atoms with Crippen molar-refractivity contribution in [2.45, 2.75) is 38.7 Å². The molecule has 0 saturated carbocycles. The zero-order chi connectivity index (χ0) is 12.0. The summed E-state index contributed by atoms with van der Waals surface area (Å²) in [5.41, 5.74) is 0.807. The molecule has 0 fully saturated rings. The molecule has 1 N–H and O–H groups in total. The number of ether oxygens (including phenoxy) is 1. The number of hydrogen-bond donors (Lipinski definition) is 1. The molecule has 1 unspecified atom stereocenters. The Labute approximate surface area is 96.1 Å². The molecule has 0 radical (unpaired) electrons. The highest BCUT2D eigenvalue weighted by molar-refractivity contribution is 5.29. The summed E-state index contributed by atoms with van der Waals surface area (Å²) in [6.45, 7) is 2.08. The zero-order valence-corrected chi connectivity index (χ0v) is 9.87. The van der Waals surface area contributed by atoms with Crippen LogP contribution in [0.3, 0.4) is 0 Å². The van der Waals surface area contributed by atoms with Crippen molar-refractivity contribution in [2.75, 3.05) is 7.11 Å². The minimum absolute atomic E-state index is 0.242. The molecular formula is C13H19FO2. The summed E-state index contributed by atoms with van der Waals surface area (Å²) in [5, 5.41) is 9.70. The number of unbranched alkanes of at least 4 members (excludes halogenated alkanes) is 1. The Hall–Kier alpha value is -1.09. The van der Waals surface area contributed by atoms with E-state index in [2.05, 4.69) is 6.92 Å². The zero-order valence-electron chi connectivity index (χ0n) is 9.87. The molecule has 0 spiro atoms. The summed E-state index contributed by atoms with van der Waals surface area (Å²) in [7, 11) is 1.44. The summed E-state index contributed by atoms with van der Waals surface area (Å²) in [6, 6.07) is 4.81. The van der Waals surface area contributed by atoms with Crippen LogP contribution in [0.5, 0.6) is 5.75 Å². The van der Waals surface area contributed by atoms with Crippen LogP contribution in [0.2, 0.25) is 0 Å². The topological polar surface area (TPSA) is 29.5 Å². The SMILES string of the molecule is CCCCC(O)Cc1ccc(OC)c(F)c1. The smallest absolute Gasteiger partial charge is 0.165 e. The summed E-state index contributed by atoms with van der Waals surface area (Å²) in [5.74, 6) is -0.130. The van der Waals surface area contributed by atoms with Gasteiger partial charge < -0.3 is 9.84 Å². The Balaban J connectivity index is 2.57. The molecule has 2 nitrogen and oxygen atoms in total. The Bertz CT molecular complexity index is 326. The lowest BCUT2D eigenvalue weighted by atomic mass is 10.0. The molecule has 1 atom stereocenters. The van der Waals surface area contributed by atoms with E-state index >= 15 is 0 Å². The van der Waals surface area contributed by atoms with Crippen molar-refractivity contribution in [3.8, 4) is 5.75 Å². The van der Waals surface area contributed by atoms with Crippen molar-refractivity contribution in [2.24, 2.45) is 0 Å². The monoisotopic (exact) mass is 226 g/mol. The maximum atomic E-state index is 13.3. The molecule has 0 amide bonds. The van der Waals surface area contributed by atoms with Gasteiger partial charge in [-0.1, -0.05) is 25.8 Å². The Morgan fingerprint density at radius 3 is 2.75 bits per heavy atom. The molecule has 0 aliphatic carbocycles. The van der Waals surface area contributed by atoms with E-state index in [-0.39, 0.29) is 17.7 Å². The minimum Gasteiger partial charge on any atom is -0.494 e. The maximum Gasteiger partial charge on any atom is 0.165 e. The normalized spacial score (nSPS) is 12.5. The van der Waals surface area contributed by atoms with Gasteiger partial charge in [0.25, 0.3) is 0 Å². The van der Waals surface area contributed by atoms with E-state index in [1.165, 1.54) is 13.2 Å². The third-order valence-corrected chi connectivity index (χ3v) is 2.58. The van der Waals surface area contributed by atoms with Gasteiger partial charge in [-0.25, -0.2) is 4.39 Å². The molecule has 90 valence electrons. The van der Waals surface area contributed by atoms with Crippen LogP contribution in [-0.4, -0.2) is 18.3 Å². The van der Waals surface area contributed by atoms with Gasteiger partial charge in [0.05, 0.1) is 13.2 Å². The average Bonchev–Trinajstić information content (AvgIpc) is 2.26. The van der Waals surface area contributed by atoms with Gasteiger partial charge in [-0.2, -0.15) is 0 Å². The van der Waals surface area contributed by atoms with Crippen LogP contribution in [0.4, 0.5) is 4.39 Å². The van der Waals surface area contributed by atoms with Gasteiger partial charge in [0.1, 0.15) is 0 Å². The second-order valence-corrected chi connectivity index (χ2v) is 3.97. The molecule has 0 heterocycles. The van der Waals surface area contributed by atoms with Gasteiger partial charge in [-0.3, -0.25) is 0 Å². The van der Waals surface area contributed by atoms with Crippen molar-refractivity contribution in [1.82, 2.24) is 0 Å². The van der Waals surface area contributed by atoms with E-state index in [0.29, 0.717) is 6.42 Å². The lowest BCUT2D eigenvalue weighted by molar-refractivity contribution is 0.161. The molecule has 0 aliphatic heterocycles. The molecular weight excluding hydrogens is 207 g/mol. The Morgan fingerprint density at radius 2 is 2.19 bits per heavy atom. The highest BCUT2D eigenvalue weighted by Gasteiger charge is 2.08. The largest absolute Gasteiger partial charge is 0.494 e. The molecule has 0 aromatic heterocycles. The fourth-order valence-electron chi connectivity index (χ4n) is 1.65. The van der Waals surface area contributed by atoms with E-state index in [4.69, 9.17) is 4.74 Å². The number of aliphatic hydroxyl groups is 1. The van der Waals surface area contributed by atoms with E-state index < -0.39 is 0 Å². The highest BCUT2D eigenvalue weighted by Crippen LogP contribution is 2.19. The number of hydrogen-bond acceptors (Lipinski definition) is 2. The lowest BCUT2D eigenvalue weighted by Gasteiger charge is -2.10. The maximum absolute atomic E-state index is 13.3. The number of methoxy groups -OCH3 is 1. The minimum atomic E-state index is -0.382. The Morgan fingerprint density at radius 1 is 1.44 bits per heavy atom. The van der Waals surface area contributed by atoms with Gasteiger partial charge in [-0.05, 0) is 30.5 Å².